The van der Waals surface area contributed by atoms with Gasteiger partial charge in [-0.2, -0.15) is 13.2 Å². The molecule has 29 heavy (non-hydrogen) atoms. The van der Waals surface area contributed by atoms with E-state index < -0.39 is 23.6 Å². The van der Waals surface area contributed by atoms with Crippen LogP contribution in [0.25, 0.3) is 0 Å². The lowest BCUT2D eigenvalue weighted by Crippen LogP contribution is -2.50. The van der Waals surface area contributed by atoms with Crippen LogP contribution in [-0.4, -0.2) is 60.2 Å². The van der Waals surface area contributed by atoms with Gasteiger partial charge in [0.25, 0.3) is 0 Å². The quantitative estimate of drug-likeness (QED) is 0.779. The van der Waals surface area contributed by atoms with E-state index in [-0.39, 0.29) is 24.8 Å². The third-order valence-electron chi connectivity index (χ3n) is 5.06. The largest absolute Gasteiger partial charge is 0.416 e. The van der Waals surface area contributed by atoms with Gasteiger partial charge in [0.05, 0.1) is 11.5 Å². The maximum absolute atomic E-state index is 12.9. The Morgan fingerprint density at radius 3 is 2.28 bits per heavy atom. The summed E-state index contributed by atoms with van der Waals surface area (Å²) in [5, 5.41) is 2.66. The zero-order valence-electron chi connectivity index (χ0n) is 16.6. The fourth-order valence-electron chi connectivity index (χ4n) is 3.35. The third-order valence-corrected chi connectivity index (χ3v) is 5.06. The molecule has 1 fully saturated rings. The van der Waals surface area contributed by atoms with E-state index in [9.17, 15) is 27.6 Å². The second-order valence-electron chi connectivity index (χ2n) is 7.01. The summed E-state index contributed by atoms with van der Waals surface area (Å²) in [6, 6.07) is 4.76. The topological polar surface area (TPSA) is 69.7 Å². The van der Waals surface area contributed by atoms with E-state index in [1.807, 2.05) is 0 Å². The van der Waals surface area contributed by atoms with Crippen molar-refractivity contribution < 1.29 is 27.6 Å². The number of piperazine rings is 1. The molecule has 9 heteroatoms. The van der Waals surface area contributed by atoms with Gasteiger partial charge in [0.2, 0.25) is 17.7 Å². The highest BCUT2D eigenvalue weighted by Gasteiger charge is 2.31. The van der Waals surface area contributed by atoms with Crippen LogP contribution in [0.2, 0.25) is 0 Å². The lowest BCUT2D eigenvalue weighted by atomic mass is 9.94. The number of rotatable bonds is 6. The molecule has 0 aliphatic carbocycles. The van der Waals surface area contributed by atoms with Crippen molar-refractivity contribution in [3.63, 3.8) is 0 Å². The maximum atomic E-state index is 12.9. The average molecular weight is 413 g/mol. The summed E-state index contributed by atoms with van der Waals surface area (Å²) in [4.78, 5) is 39.4. The number of nitrogens with zero attached hydrogens (tertiary/aromatic N) is 2. The van der Waals surface area contributed by atoms with E-state index >= 15 is 0 Å². The first-order valence-electron chi connectivity index (χ1n) is 9.61. The minimum atomic E-state index is -4.47. The van der Waals surface area contributed by atoms with Crippen molar-refractivity contribution in [3.8, 4) is 0 Å². The fraction of sp³-hybridized carbons (Fsp3) is 0.550. The van der Waals surface area contributed by atoms with Crippen LogP contribution in [-0.2, 0) is 20.6 Å². The molecule has 2 rings (SSSR count). The van der Waals surface area contributed by atoms with Crippen LogP contribution in [0.1, 0.15) is 43.7 Å². The van der Waals surface area contributed by atoms with Gasteiger partial charge in [0.1, 0.15) is 0 Å². The van der Waals surface area contributed by atoms with Gasteiger partial charge < -0.3 is 15.1 Å². The SMILES string of the molecule is CC[C@@H](C(=O)NCCC(=O)N1CCN(C(C)=O)CC1)c1cccc(C(F)(F)F)c1. The average Bonchev–Trinajstić information content (AvgIpc) is 2.68. The van der Waals surface area contributed by atoms with E-state index in [1.165, 1.54) is 19.1 Å². The van der Waals surface area contributed by atoms with Crippen LogP contribution < -0.4 is 5.32 Å². The van der Waals surface area contributed by atoms with Gasteiger partial charge in [-0.15, -0.1) is 0 Å². The molecule has 0 aromatic heterocycles. The molecule has 3 amide bonds. The molecule has 1 aliphatic rings. The number of hydrogen-bond acceptors (Lipinski definition) is 3. The Bertz CT molecular complexity index is 744. The number of hydrogen-bond donors (Lipinski definition) is 1. The smallest absolute Gasteiger partial charge is 0.355 e. The van der Waals surface area contributed by atoms with E-state index in [1.54, 1.807) is 16.7 Å². The summed E-state index contributed by atoms with van der Waals surface area (Å²) in [6.07, 6.45) is -4.03. The van der Waals surface area contributed by atoms with Gasteiger partial charge >= 0.3 is 6.18 Å². The lowest BCUT2D eigenvalue weighted by molar-refractivity contribution is -0.138. The predicted molar refractivity (Wildman–Crippen MR) is 101 cm³/mol. The van der Waals surface area contributed by atoms with Crippen molar-refractivity contribution in [2.45, 2.75) is 38.8 Å². The molecule has 1 heterocycles. The first kappa shape index (κ1) is 22.7. The molecule has 0 bridgehead atoms. The summed E-state index contributed by atoms with van der Waals surface area (Å²) < 4.78 is 38.7. The van der Waals surface area contributed by atoms with Gasteiger partial charge in [-0.05, 0) is 18.1 Å². The van der Waals surface area contributed by atoms with Crippen LogP contribution in [0.3, 0.4) is 0 Å². The Labute approximate surface area is 168 Å². The number of carbonyl (C=O) groups excluding carboxylic acids is 3. The van der Waals surface area contributed by atoms with Crippen molar-refractivity contribution >= 4 is 17.7 Å². The van der Waals surface area contributed by atoms with Crippen LogP contribution in [0.5, 0.6) is 0 Å². The van der Waals surface area contributed by atoms with Crippen LogP contribution in [0.4, 0.5) is 13.2 Å². The lowest BCUT2D eigenvalue weighted by Gasteiger charge is -2.34. The van der Waals surface area contributed by atoms with Crippen molar-refractivity contribution in [2.24, 2.45) is 0 Å². The highest BCUT2D eigenvalue weighted by Crippen LogP contribution is 2.31. The van der Waals surface area contributed by atoms with Crippen LogP contribution in [0.15, 0.2) is 24.3 Å². The number of carbonyl (C=O) groups is 3. The monoisotopic (exact) mass is 413 g/mol. The summed E-state index contributed by atoms with van der Waals surface area (Å²) in [6.45, 7) is 5.20. The summed E-state index contributed by atoms with van der Waals surface area (Å²) in [5.74, 6) is -1.27. The Morgan fingerprint density at radius 2 is 1.72 bits per heavy atom. The standard InChI is InChI=1S/C20H26F3N3O3/c1-3-17(15-5-4-6-16(13-15)20(21,22)23)19(29)24-8-7-18(28)26-11-9-25(10-12-26)14(2)27/h4-6,13,17H,3,7-12H2,1-2H3,(H,24,29)/t17-/m1/s1. The summed E-state index contributed by atoms with van der Waals surface area (Å²) in [5.41, 5.74) is -0.493. The molecule has 0 saturated carbocycles. The second-order valence-corrected chi connectivity index (χ2v) is 7.01. The molecular weight excluding hydrogens is 387 g/mol. The van der Waals surface area contributed by atoms with Gasteiger partial charge in [-0.1, -0.05) is 25.1 Å². The molecular formula is C20H26F3N3O3. The number of benzene rings is 1. The molecule has 1 aromatic carbocycles. The fourth-order valence-corrected chi connectivity index (χ4v) is 3.35. The number of nitrogens with one attached hydrogen (secondary N) is 1. The minimum absolute atomic E-state index is 0.0236. The molecule has 1 aromatic rings. The van der Waals surface area contributed by atoms with Crippen LogP contribution in [0, 0.1) is 0 Å². The van der Waals surface area contributed by atoms with Gasteiger partial charge in [0, 0.05) is 46.1 Å². The number of amides is 3. The molecule has 160 valence electrons. The zero-order valence-corrected chi connectivity index (χ0v) is 16.6. The molecule has 1 saturated heterocycles. The number of halogens is 3. The molecule has 0 unspecified atom stereocenters. The van der Waals surface area contributed by atoms with Crippen molar-refractivity contribution in [3.05, 3.63) is 35.4 Å². The Morgan fingerprint density at radius 1 is 1.10 bits per heavy atom. The Balaban J connectivity index is 1.86. The Kier molecular flexibility index (Phi) is 7.64. The summed E-state index contributed by atoms with van der Waals surface area (Å²) in [7, 11) is 0. The van der Waals surface area contributed by atoms with Crippen molar-refractivity contribution in [1.82, 2.24) is 15.1 Å². The molecule has 1 atom stereocenters. The van der Waals surface area contributed by atoms with E-state index in [2.05, 4.69) is 5.32 Å². The van der Waals surface area contributed by atoms with E-state index in [0.29, 0.717) is 38.2 Å². The third kappa shape index (κ3) is 6.20. The summed E-state index contributed by atoms with van der Waals surface area (Å²) >= 11 is 0. The highest BCUT2D eigenvalue weighted by molar-refractivity contribution is 5.84. The molecule has 1 aliphatic heterocycles. The predicted octanol–water partition coefficient (Wildman–Crippen LogP) is 2.40. The Hall–Kier alpha value is -2.58. The van der Waals surface area contributed by atoms with Gasteiger partial charge in [0.15, 0.2) is 0 Å². The molecule has 1 N–H and O–H groups in total. The van der Waals surface area contributed by atoms with Crippen molar-refractivity contribution in [2.75, 3.05) is 32.7 Å². The van der Waals surface area contributed by atoms with Crippen LogP contribution >= 0.6 is 0 Å². The highest BCUT2D eigenvalue weighted by atomic mass is 19.4. The first-order valence-corrected chi connectivity index (χ1v) is 9.61. The molecule has 0 radical (unpaired) electrons. The maximum Gasteiger partial charge on any atom is 0.416 e. The van der Waals surface area contributed by atoms with E-state index in [0.717, 1.165) is 12.1 Å². The van der Waals surface area contributed by atoms with Gasteiger partial charge in [-0.3, -0.25) is 14.4 Å². The molecule has 6 nitrogen and oxygen atoms in total. The van der Waals surface area contributed by atoms with Gasteiger partial charge in [-0.25, -0.2) is 0 Å². The minimum Gasteiger partial charge on any atom is -0.355 e. The molecule has 0 spiro atoms. The van der Waals surface area contributed by atoms with Crippen molar-refractivity contribution in [1.29, 1.82) is 0 Å². The number of alkyl halides is 3. The second kappa shape index (κ2) is 9.76. The van der Waals surface area contributed by atoms with E-state index in [4.69, 9.17) is 0 Å². The zero-order chi connectivity index (χ0) is 21.6. The first-order chi connectivity index (χ1) is 13.6. The normalized spacial score (nSPS) is 15.8.